The molecule has 0 unspecified atom stereocenters. The Bertz CT molecular complexity index is 1100. The predicted molar refractivity (Wildman–Crippen MR) is 112 cm³/mol. The molecule has 2 aromatic rings. The van der Waals surface area contributed by atoms with Crippen molar-refractivity contribution in [3.8, 4) is 0 Å². The van der Waals surface area contributed by atoms with Crippen molar-refractivity contribution in [3.05, 3.63) is 54.0 Å². The molecule has 1 fully saturated rings. The van der Waals surface area contributed by atoms with Gasteiger partial charge in [0.25, 0.3) is 5.91 Å². The van der Waals surface area contributed by atoms with Crippen molar-refractivity contribution in [2.24, 2.45) is 11.5 Å². The summed E-state index contributed by atoms with van der Waals surface area (Å²) in [4.78, 5) is 11.6. The summed E-state index contributed by atoms with van der Waals surface area (Å²) >= 11 is 4.50. The van der Waals surface area contributed by atoms with E-state index in [0.29, 0.717) is 13.0 Å². The lowest BCUT2D eigenvalue weighted by Crippen LogP contribution is -2.50. The van der Waals surface area contributed by atoms with E-state index in [1.165, 1.54) is 9.42 Å². The minimum absolute atomic E-state index is 0.0503. The van der Waals surface area contributed by atoms with Crippen molar-refractivity contribution in [1.82, 2.24) is 20.3 Å². The van der Waals surface area contributed by atoms with Gasteiger partial charge in [0, 0.05) is 17.8 Å². The largest absolute Gasteiger partial charge is 0.382 e. The summed E-state index contributed by atoms with van der Waals surface area (Å²) in [6.45, 7) is 0.545. The van der Waals surface area contributed by atoms with Gasteiger partial charge in [-0.3, -0.25) is 15.6 Å². The number of benzene rings is 2. The molecular weight excluding hydrogens is 412 g/mol. The van der Waals surface area contributed by atoms with Gasteiger partial charge in [0.1, 0.15) is 5.82 Å². The summed E-state index contributed by atoms with van der Waals surface area (Å²) in [5.74, 6) is -0.599. The van der Waals surface area contributed by atoms with Crippen molar-refractivity contribution in [3.63, 3.8) is 0 Å². The van der Waals surface area contributed by atoms with Gasteiger partial charge in [0.05, 0.1) is 11.4 Å². The topological polar surface area (TPSA) is 134 Å². The van der Waals surface area contributed by atoms with E-state index in [1.807, 2.05) is 24.3 Å². The third-order valence-electron chi connectivity index (χ3n) is 5.08. The van der Waals surface area contributed by atoms with Crippen LogP contribution >= 0.6 is 12.6 Å². The van der Waals surface area contributed by atoms with Crippen molar-refractivity contribution < 1.29 is 13.2 Å². The summed E-state index contributed by atoms with van der Waals surface area (Å²) in [5, 5.41) is 3.20. The lowest BCUT2D eigenvalue weighted by Gasteiger charge is -2.28. The predicted octanol–water partition coefficient (Wildman–Crippen LogP) is -0.161. The maximum atomic E-state index is 13.4. The molecule has 2 atom stereocenters. The summed E-state index contributed by atoms with van der Waals surface area (Å²) in [7, 11) is -3.73. The van der Waals surface area contributed by atoms with Crippen LogP contribution in [0.5, 0.6) is 0 Å². The molecule has 0 aliphatic carbocycles. The number of primary amides is 1. The molecule has 2 aliphatic rings. The summed E-state index contributed by atoms with van der Waals surface area (Å²) in [6, 6.07) is 12.4. The summed E-state index contributed by atoms with van der Waals surface area (Å²) < 4.78 is 28.2. The highest BCUT2D eigenvalue weighted by Gasteiger charge is 2.41. The fourth-order valence-corrected chi connectivity index (χ4v) is 5.94. The Morgan fingerprint density at radius 1 is 1.17 bits per heavy atom. The molecule has 1 amide bonds. The number of nitrogens with zero attached hydrogens (tertiary/aromatic N) is 2. The second-order valence-corrected chi connectivity index (χ2v) is 9.74. The molecule has 4 rings (SSSR count). The molecule has 11 heteroatoms. The van der Waals surface area contributed by atoms with E-state index in [4.69, 9.17) is 11.5 Å². The molecule has 2 aliphatic heterocycles. The quantitative estimate of drug-likeness (QED) is 0.413. The van der Waals surface area contributed by atoms with Crippen LogP contribution in [0, 0.1) is 0 Å². The number of carbonyl (C=O) groups is 1. The number of amides is 1. The van der Waals surface area contributed by atoms with Gasteiger partial charge in [-0.2, -0.15) is 16.9 Å². The van der Waals surface area contributed by atoms with Crippen molar-refractivity contribution in [2.45, 2.75) is 22.6 Å². The number of fused-ring (bicyclic) bond motifs is 1. The molecule has 0 saturated carbocycles. The normalized spacial score (nSPS) is 23.3. The zero-order chi connectivity index (χ0) is 20.8. The number of carbonyl (C=O) groups excluding carboxylic acids is 1. The molecule has 0 aromatic heterocycles. The van der Waals surface area contributed by atoms with Crippen LogP contribution in [0.4, 0.5) is 0 Å². The van der Waals surface area contributed by atoms with Gasteiger partial charge in [-0.15, -0.1) is 5.12 Å². The van der Waals surface area contributed by atoms with Gasteiger partial charge < -0.3 is 11.5 Å². The number of sulfonamides is 1. The molecule has 9 nitrogen and oxygen atoms in total. The Morgan fingerprint density at radius 2 is 1.90 bits per heavy atom. The standard InChI is InChI=1S/C18H22N6O3S2/c19-17-16(18(20)25)21-24(22-17)9-13-8-14(28)10-23(13)29(26,27)15-6-5-11-3-1-2-4-12(11)7-15/h1-7,13-14,21-22,28H,8-10,19H2,(H2,20,25)/t13-,14+/m0/s1. The third kappa shape index (κ3) is 3.73. The zero-order valence-electron chi connectivity index (χ0n) is 15.4. The minimum atomic E-state index is -3.73. The van der Waals surface area contributed by atoms with Crippen LogP contribution in [-0.2, 0) is 14.8 Å². The van der Waals surface area contributed by atoms with Crippen molar-refractivity contribution in [2.75, 3.05) is 13.1 Å². The molecule has 0 bridgehead atoms. The fourth-order valence-electron chi connectivity index (χ4n) is 3.70. The lowest BCUT2D eigenvalue weighted by atomic mass is 10.1. The summed E-state index contributed by atoms with van der Waals surface area (Å²) in [5.41, 5.74) is 16.6. The van der Waals surface area contributed by atoms with Gasteiger partial charge >= 0.3 is 0 Å². The molecular formula is C18H22N6O3S2. The fraction of sp³-hybridized carbons (Fsp3) is 0.278. The highest BCUT2D eigenvalue weighted by molar-refractivity contribution is 7.89. The molecule has 0 spiro atoms. The monoisotopic (exact) mass is 434 g/mol. The number of hydrogen-bond acceptors (Lipinski definition) is 8. The van der Waals surface area contributed by atoms with Gasteiger partial charge in [0.2, 0.25) is 10.0 Å². The van der Waals surface area contributed by atoms with Crippen LogP contribution in [0.1, 0.15) is 6.42 Å². The Hall–Kier alpha value is -2.47. The number of rotatable bonds is 5. The van der Waals surface area contributed by atoms with Crippen LogP contribution in [0.2, 0.25) is 0 Å². The second-order valence-electron chi connectivity index (χ2n) is 7.11. The Morgan fingerprint density at radius 3 is 2.59 bits per heavy atom. The Balaban J connectivity index is 1.57. The Kier molecular flexibility index (Phi) is 5.07. The van der Waals surface area contributed by atoms with Crippen LogP contribution in [-0.4, -0.2) is 48.1 Å². The van der Waals surface area contributed by atoms with Gasteiger partial charge in [0.15, 0.2) is 5.70 Å². The minimum Gasteiger partial charge on any atom is -0.382 e. The molecule has 1 saturated heterocycles. The number of hydrogen-bond donors (Lipinski definition) is 5. The second kappa shape index (κ2) is 7.41. The number of thiol groups is 1. The first kappa shape index (κ1) is 19.8. The molecule has 154 valence electrons. The number of nitrogens with one attached hydrogen (secondary N) is 2. The van der Waals surface area contributed by atoms with Crippen LogP contribution in [0.3, 0.4) is 0 Å². The van der Waals surface area contributed by atoms with E-state index in [9.17, 15) is 13.2 Å². The van der Waals surface area contributed by atoms with E-state index in [0.717, 1.165) is 10.8 Å². The molecule has 0 radical (unpaired) electrons. The first-order valence-corrected chi connectivity index (χ1v) is 11.0. The average Bonchev–Trinajstić information content (AvgIpc) is 3.24. The SMILES string of the molecule is NC(=O)C1=C(N)NN(C[C@@H]2C[C@@H](S)CN2S(=O)(=O)c2ccc3ccccc3c2)N1. The Labute approximate surface area is 174 Å². The van der Waals surface area contributed by atoms with Crippen molar-refractivity contribution in [1.29, 1.82) is 0 Å². The third-order valence-corrected chi connectivity index (χ3v) is 7.37. The van der Waals surface area contributed by atoms with Gasteiger partial charge in [-0.25, -0.2) is 8.42 Å². The van der Waals surface area contributed by atoms with Crippen LogP contribution < -0.4 is 22.3 Å². The maximum absolute atomic E-state index is 13.4. The zero-order valence-corrected chi connectivity index (χ0v) is 17.2. The average molecular weight is 435 g/mol. The van der Waals surface area contributed by atoms with Crippen LogP contribution in [0.25, 0.3) is 10.8 Å². The van der Waals surface area contributed by atoms with E-state index < -0.39 is 15.9 Å². The van der Waals surface area contributed by atoms with Crippen LogP contribution in [0.15, 0.2) is 58.9 Å². The highest BCUT2D eigenvalue weighted by atomic mass is 32.2. The first-order chi connectivity index (χ1) is 13.8. The van der Waals surface area contributed by atoms with E-state index in [2.05, 4.69) is 23.5 Å². The molecule has 6 N–H and O–H groups in total. The lowest BCUT2D eigenvalue weighted by molar-refractivity contribution is -0.115. The van der Waals surface area contributed by atoms with Gasteiger partial charge in [-0.1, -0.05) is 30.3 Å². The molecule has 2 aromatic carbocycles. The maximum Gasteiger partial charge on any atom is 0.270 e. The highest BCUT2D eigenvalue weighted by Crippen LogP contribution is 2.30. The molecule has 29 heavy (non-hydrogen) atoms. The smallest absolute Gasteiger partial charge is 0.270 e. The van der Waals surface area contributed by atoms with E-state index in [1.54, 1.807) is 18.2 Å². The van der Waals surface area contributed by atoms with Crippen molar-refractivity contribution >= 4 is 39.3 Å². The van der Waals surface area contributed by atoms with E-state index >= 15 is 0 Å². The van der Waals surface area contributed by atoms with Gasteiger partial charge in [-0.05, 0) is 29.3 Å². The van der Waals surface area contributed by atoms with E-state index in [-0.39, 0.29) is 34.3 Å². The first-order valence-electron chi connectivity index (χ1n) is 9.05. The number of nitrogens with two attached hydrogens (primary N) is 2. The molecule has 2 heterocycles. The number of hydrazine groups is 2. The summed E-state index contributed by atoms with van der Waals surface area (Å²) in [6.07, 6.45) is 0.557.